The monoisotopic (exact) mass is 196 g/mol. The number of rotatable bonds is 1. The van der Waals surface area contributed by atoms with Crippen LogP contribution in [0.5, 0.6) is 0 Å². The minimum absolute atomic E-state index is 0.757. The van der Waals surface area contributed by atoms with E-state index in [1.54, 1.807) is 6.20 Å². The van der Waals surface area contributed by atoms with Gasteiger partial charge in [-0.1, -0.05) is 0 Å². The highest BCUT2D eigenvalue weighted by Gasteiger charge is 2.13. The Balaban J connectivity index is 2.63. The summed E-state index contributed by atoms with van der Waals surface area (Å²) in [6.45, 7) is 0. The molecule has 2 heterocycles. The van der Waals surface area contributed by atoms with Crippen LogP contribution in [0.4, 0.5) is 0 Å². The zero-order valence-corrected chi connectivity index (χ0v) is 8.72. The normalized spacial score (nSPS) is 13.5. The molecule has 0 saturated heterocycles. The highest BCUT2D eigenvalue weighted by molar-refractivity contribution is 8.32. The number of hydrogen-bond acceptors (Lipinski definition) is 3. The first-order valence-corrected chi connectivity index (χ1v) is 6.77. The topological polar surface area (TPSA) is 54.5 Å². The zero-order valence-electron chi connectivity index (χ0n) is 7.90. The van der Waals surface area contributed by atoms with Crippen molar-refractivity contribution in [1.29, 1.82) is 0 Å². The summed E-state index contributed by atoms with van der Waals surface area (Å²) in [6, 6.07) is 0. The van der Waals surface area contributed by atoms with Gasteiger partial charge >= 0.3 is 0 Å². The summed E-state index contributed by atoms with van der Waals surface area (Å²) >= 11 is 0. The van der Waals surface area contributed by atoms with Crippen molar-refractivity contribution in [3.8, 4) is 0 Å². The molecule has 0 spiro atoms. The first-order valence-electron chi connectivity index (χ1n) is 3.91. The Bertz CT molecular complexity index is 396. The van der Waals surface area contributed by atoms with Gasteiger partial charge in [0.2, 0.25) is 0 Å². The van der Waals surface area contributed by atoms with Crippen LogP contribution in [0, 0.1) is 0 Å². The van der Waals surface area contributed by atoms with Crippen molar-refractivity contribution >= 4 is 21.2 Å². The lowest BCUT2D eigenvalue weighted by atomic mass is 10.6. The van der Waals surface area contributed by atoms with Crippen LogP contribution in [0.1, 0.15) is 0 Å². The Morgan fingerprint density at radius 1 is 1.31 bits per heavy atom. The molecule has 0 radical (unpaired) electrons. The summed E-state index contributed by atoms with van der Waals surface area (Å²) in [7, 11) is -0.799. The number of nitrogens with one attached hydrogen (secondary N) is 1. The Labute approximate surface area is 78.1 Å². The standard InChI is InChI=1S/C8H12N4S/c1-13(2,3)8-11-6-4-9-5-10-7(6)12-8/h4-5H,1-3H3,(H,9,10,11,12). The average molecular weight is 196 g/mol. The van der Waals surface area contributed by atoms with E-state index in [2.05, 4.69) is 38.7 Å². The van der Waals surface area contributed by atoms with Crippen LogP contribution in [0.2, 0.25) is 0 Å². The SMILES string of the molecule is CS(C)(C)c1nc2ncncc2[nH]1. The van der Waals surface area contributed by atoms with E-state index in [0.717, 1.165) is 16.3 Å². The van der Waals surface area contributed by atoms with Gasteiger partial charge in [0.25, 0.3) is 0 Å². The molecule has 0 unspecified atom stereocenters. The van der Waals surface area contributed by atoms with E-state index in [-0.39, 0.29) is 0 Å². The molecule has 4 nitrogen and oxygen atoms in total. The van der Waals surface area contributed by atoms with Crippen LogP contribution in [0.25, 0.3) is 11.2 Å². The van der Waals surface area contributed by atoms with Gasteiger partial charge in [-0.15, -0.1) is 0 Å². The van der Waals surface area contributed by atoms with Crippen LogP contribution in [-0.4, -0.2) is 38.7 Å². The minimum atomic E-state index is -0.799. The third kappa shape index (κ3) is 1.51. The third-order valence-electron chi connectivity index (χ3n) is 1.72. The molecule has 0 fully saturated rings. The fourth-order valence-corrected chi connectivity index (χ4v) is 1.81. The van der Waals surface area contributed by atoms with Crippen molar-refractivity contribution in [2.45, 2.75) is 5.16 Å². The lowest BCUT2D eigenvalue weighted by Crippen LogP contribution is -1.94. The predicted octanol–water partition coefficient (Wildman–Crippen LogP) is 1.41. The van der Waals surface area contributed by atoms with Crippen LogP contribution in [0.15, 0.2) is 17.7 Å². The first kappa shape index (κ1) is 8.50. The number of aromatic amines is 1. The maximum atomic E-state index is 4.41. The number of aromatic nitrogens is 4. The molecule has 13 heavy (non-hydrogen) atoms. The van der Waals surface area contributed by atoms with Crippen molar-refractivity contribution < 1.29 is 0 Å². The number of hydrogen-bond donors (Lipinski definition) is 1. The van der Waals surface area contributed by atoms with Gasteiger partial charge in [-0.3, -0.25) is 0 Å². The van der Waals surface area contributed by atoms with E-state index in [4.69, 9.17) is 0 Å². The highest BCUT2D eigenvalue weighted by Crippen LogP contribution is 2.43. The maximum Gasteiger partial charge on any atom is 0.181 e. The van der Waals surface area contributed by atoms with E-state index < -0.39 is 10.0 Å². The summed E-state index contributed by atoms with van der Waals surface area (Å²) in [4.78, 5) is 15.7. The van der Waals surface area contributed by atoms with Crippen molar-refractivity contribution in [2.24, 2.45) is 0 Å². The zero-order chi connectivity index (χ0) is 9.47. The van der Waals surface area contributed by atoms with Crippen molar-refractivity contribution in [3.63, 3.8) is 0 Å². The van der Waals surface area contributed by atoms with E-state index >= 15 is 0 Å². The van der Waals surface area contributed by atoms with Gasteiger partial charge in [0, 0.05) is 0 Å². The second-order valence-corrected chi connectivity index (χ2v) is 7.70. The summed E-state index contributed by atoms with van der Waals surface area (Å²) in [6.07, 6.45) is 9.85. The molecule has 0 aliphatic heterocycles. The van der Waals surface area contributed by atoms with Gasteiger partial charge in [0.15, 0.2) is 5.65 Å². The van der Waals surface area contributed by atoms with E-state index in [0.29, 0.717) is 0 Å². The second kappa shape index (κ2) is 2.70. The quantitative estimate of drug-likeness (QED) is 0.750. The van der Waals surface area contributed by atoms with Crippen molar-refractivity contribution in [1.82, 2.24) is 19.9 Å². The van der Waals surface area contributed by atoms with E-state index in [1.807, 2.05) is 0 Å². The van der Waals surface area contributed by atoms with Gasteiger partial charge in [-0.05, 0) is 18.8 Å². The number of H-pyrrole nitrogens is 1. The smallest absolute Gasteiger partial charge is 0.181 e. The molecule has 2 aromatic heterocycles. The first-order chi connectivity index (χ1) is 6.07. The molecule has 0 atom stereocenters. The fourth-order valence-electron chi connectivity index (χ4n) is 1.03. The molecule has 0 aliphatic rings. The maximum absolute atomic E-state index is 4.41. The Morgan fingerprint density at radius 3 is 2.69 bits per heavy atom. The molecule has 0 saturated carbocycles. The highest BCUT2D eigenvalue weighted by atomic mass is 32.3. The molecule has 0 aromatic carbocycles. The van der Waals surface area contributed by atoms with Gasteiger partial charge < -0.3 is 4.98 Å². The van der Waals surface area contributed by atoms with Crippen LogP contribution in [-0.2, 0) is 0 Å². The molecule has 0 bridgehead atoms. The molecule has 0 aliphatic carbocycles. The third-order valence-corrected chi connectivity index (χ3v) is 3.07. The van der Waals surface area contributed by atoms with Gasteiger partial charge in [-0.2, -0.15) is 10.0 Å². The Kier molecular flexibility index (Phi) is 1.76. The molecular weight excluding hydrogens is 184 g/mol. The van der Waals surface area contributed by atoms with Crippen LogP contribution >= 0.6 is 10.0 Å². The lowest BCUT2D eigenvalue weighted by molar-refractivity contribution is 1.06. The van der Waals surface area contributed by atoms with Crippen LogP contribution in [0.3, 0.4) is 0 Å². The molecular formula is C8H12N4S. The number of imidazole rings is 1. The minimum Gasteiger partial charge on any atom is -0.332 e. The summed E-state index contributed by atoms with van der Waals surface area (Å²) in [5, 5.41) is 1.03. The van der Waals surface area contributed by atoms with Gasteiger partial charge in [0.05, 0.1) is 6.20 Å². The van der Waals surface area contributed by atoms with E-state index in [9.17, 15) is 0 Å². The summed E-state index contributed by atoms with van der Waals surface area (Å²) in [5.74, 6) is 0. The van der Waals surface area contributed by atoms with Crippen LogP contribution < -0.4 is 0 Å². The summed E-state index contributed by atoms with van der Waals surface area (Å²) < 4.78 is 0. The number of fused-ring (bicyclic) bond motifs is 1. The molecule has 0 amide bonds. The van der Waals surface area contributed by atoms with Crippen molar-refractivity contribution in [3.05, 3.63) is 12.5 Å². The molecule has 2 rings (SSSR count). The molecule has 70 valence electrons. The molecule has 5 heteroatoms. The van der Waals surface area contributed by atoms with Gasteiger partial charge in [-0.25, -0.2) is 15.0 Å². The Morgan fingerprint density at radius 2 is 2.08 bits per heavy atom. The van der Waals surface area contributed by atoms with Crippen molar-refractivity contribution in [2.75, 3.05) is 18.8 Å². The summed E-state index contributed by atoms with van der Waals surface area (Å²) in [5.41, 5.74) is 1.67. The van der Waals surface area contributed by atoms with E-state index in [1.165, 1.54) is 6.33 Å². The number of nitrogens with zero attached hydrogens (tertiary/aromatic N) is 3. The lowest BCUT2D eigenvalue weighted by Gasteiger charge is -2.20. The predicted molar refractivity (Wildman–Crippen MR) is 55.3 cm³/mol. The van der Waals surface area contributed by atoms with Gasteiger partial charge in [0.1, 0.15) is 17.0 Å². The fraction of sp³-hybridized carbons (Fsp3) is 0.375. The molecule has 2 aromatic rings. The Hall–Kier alpha value is -1.10. The second-order valence-electron chi connectivity index (χ2n) is 3.64. The molecule has 1 N–H and O–H groups in total. The largest absolute Gasteiger partial charge is 0.332 e. The average Bonchev–Trinajstić information content (AvgIpc) is 2.45.